The minimum Gasteiger partial charge on any atom is -0.396 e. The van der Waals surface area contributed by atoms with Crippen LogP contribution in [0, 0.1) is 5.92 Å². The Kier molecular flexibility index (Phi) is 2.65. The number of nitrogens with zero attached hydrogens (tertiary/aromatic N) is 3. The molecule has 88 valence electrons. The first kappa shape index (κ1) is 10.2. The topological polar surface area (TPSA) is 62.4 Å². The Bertz CT molecular complexity index is 362. The molecule has 0 radical (unpaired) electrons. The normalized spacial score (nSPS) is 26.4. The number of hydrogen-bond acceptors (Lipinski definition) is 5. The van der Waals surface area contributed by atoms with Crippen LogP contribution in [0.5, 0.6) is 0 Å². The van der Waals surface area contributed by atoms with Crippen molar-refractivity contribution in [2.24, 2.45) is 5.92 Å². The smallest absolute Gasteiger partial charge is 0.229 e. The summed E-state index contributed by atoms with van der Waals surface area (Å²) in [4.78, 5) is 6.68. The summed E-state index contributed by atoms with van der Waals surface area (Å²) in [5.74, 6) is 2.56. The van der Waals surface area contributed by atoms with Gasteiger partial charge in [0.25, 0.3) is 0 Å². The van der Waals surface area contributed by atoms with E-state index in [-0.39, 0.29) is 6.61 Å². The molecular weight excluding hydrogens is 206 g/mol. The second kappa shape index (κ2) is 4.14. The highest BCUT2D eigenvalue weighted by Crippen LogP contribution is 2.38. The number of likely N-dealkylation sites (tertiary alicyclic amines) is 1. The van der Waals surface area contributed by atoms with E-state index in [1.165, 1.54) is 12.8 Å². The van der Waals surface area contributed by atoms with Gasteiger partial charge in [-0.3, -0.25) is 4.90 Å². The van der Waals surface area contributed by atoms with Gasteiger partial charge in [0.1, 0.15) is 0 Å². The maximum atomic E-state index is 9.06. The molecule has 2 heterocycles. The van der Waals surface area contributed by atoms with Crippen molar-refractivity contribution in [1.29, 1.82) is 0 Å². The van der Waals surface area contributed by atoms with Crippen LogP contribution in [0.25, 0.3) is 0 Å². The lowest BCUT2D eigenvalue weighted by Gasteiger charge is -2.12. The first-order valence-corrected chi connectivity index (χ1v) is 6.01. The summed E-state index contributed by atoms with van der Waals surface area (Å²) < 4.78 is 5.21. The van der Waals surface area contributed by atoms with Gasteiger partial charge in [0.05, 0.1) is 6.54 Å². The van der Waals surface area contributed by atoms with Gasteiger partial charge in [-0.1, -0.05) is 5.16 Å². The number of aromatic nitrogens is 2. The van der Waals surface area contributed by atoms with Crippen LogP contribution in [0.1, 0.15) is 36.9 Å². The standard InChI is InChI=1S/C11H17N3O2/c15-7-8-3-4-14(5-8)6-10-12-11(16-13-10)9-1-2-9/h8-9,15H,1-7H2. The summed E-state index contributed by atoms with van der Waals surface area (Å²) in [6, 6.07) is 0. The minimum atomic E-state index is 0.288. The van der Waals surface area contributed by atoms with Gasteiger partial charge in [-0.2, -0.15) is 4.98 Å². The number of aliphatic hydroxyl groups excluding tert-OH is 1. The van der Waals surface area contributed by atoms with Gasteiger partial charge in [-0.15, -0.1) is 0 Å². The molecule has 1 N–H and O–H groups in total. The third-order valence-electron chi connectivity index (χ3n) is 3.40. The molecule has 1 aromatic rings. The van der Waals surface area contributed by atoms with Crippen molar-refractivity contribution in [2.75, 3.05) is 19.7 Å². The molecule has 1 saturated carbocycles. The summed E-state index contributed by atoms with van der Waals surface area (Å²) in [5.41, 5.74) is 0. The zero-order valence-electron chi connectivity index (χ0n) is 9.30. The van der Waals surface area contributed by atoms with Gasteiger partial charge in [-0.25, -0.2) is 0 Å². The van der Waals surface area contributed by atoms with Gasteiger partial charge in [0.2, 0.25) is 5.89 Å². The van der Waals surface area contributed by atoms with Gasteiger partial charge in [0.15, 0.2) is 5.82 Å². The van der Waals surface area contributed by atoms with Crippen LogP contribution in [-0.4, -0.2) is 39.8 Å². The van der Waals surface area contributed by atoms with Crippen LogP contribution in [0.3, 0.4) is 0 Å². The van der Waals surface area contributed by atoms with Crippen molar-refractivity contribution in [2.45, 2.75) is 31.7 Å². The molecule has 3 rings (SSSR count). The highest BCUT2D eigenvalue weighted by atomic mass is 16.5. The lowest BCUT2D eigenvalue weighted by atomic mass is 10.1. The second-order valence-electron chi connectivity index (χ2n) is 4.90. The molecule has 0 amide bonds. The largest absolute Gasteiger partial charge is 0.396 e. The van der Waals surface area contributed by atoms with E-state index in [4.69, 9.17) is 9.63 Å². The molecule has 1 unspecified atom stereocenters. The second-order valence-corrected chi connectivity index (χ2v) is 4.90. The molecule has 16 heavy (non-hydrogen) atoms. The van der Waals surface area contributed by atoms with Gasteiger partial charge in [0, 0.05) is 19.1 Å². The average Bonchev–Trinajstić information content (AvgIpc) is 2.88. The Morgan fingerprint density at radius 3 is 2.94 bits per heavy atom. The molecule has 2 aliphatic rings. The molecule has 1 saturated heterocycles. The number of aliphatic hydroxyl groups is 1. The van der Waals surface area contributed by atoms with Gasteiger partial charge >= 0.3 is 0 Å². The van der Waals surface area contributed by atoms with Crippen LogP contribution in [-0.2, 0) is 6.54 Å². The zero-order chi connectivity index (χ0) is 11.0. The minimum absolute atomic E-state index is 0.288. The van der Waals surface area contributed by atoms with Crippen molar-refractivity contribution in [3.05, 3.63) is 11.7 Å². The summed E-state index contributed by atoms with van der Waals surface area (Å²) in [5, 5.41) is 13.1. The van der Waals surface area contributed by atoms with E-state index in [1.807, 2.05) is 0 Å². The third-order valence-corrected chi connectivity index (χ3v) is 3.40. The van der Waals surface area contributed by atoms with Crippen molar-refractivity contribution < 1.29 is 9.63 Å². The Morgan fingerprint density at radius 2 is 2.25 bits per heavy atom. The average molecular weight is 223 g/mol. The van der Waals surface area contributed by atoms with E-state index in [9.17, 15) is 0 Å². The van der Waals surface area contributed by atoms with Gasteiger partial charge in [-0.05, 0) is 31.7 Å². The van der Waals surface area contributed by atoms with Crippen LogP contribution >= 0.6 is 0 Å². The molecule has 0 bridgehead atoms. The predicted molar refractivity (Wildman–Crippen MR) is 56.7 cm³/mol. The third kappa shape index (κ3) is 2.10. The molecule has 5 heteroatoms. The maximum Gasteiger partial charge on any atom is 0.229 e. The molecule has 1 aliphatic carbocycles. The number of rotatable bonds is 4. The molecular formula is C11H17N3O2. The van der Waals surface area contributed by atoms with E-state index >= 15 is 0 Å². The molecule has 0 spiro atoms. The van der Waals surface area contributed by atoms with Crippen molar-refractivity contribution >= 4 is 0 Å². The van der Waals surface area contributed by atoms with Crippen LogP contribution < -0.4 is 0 Å². The Hall–Kier alpha value is -0.940. The highest BCUT2D eigenvalue weighted by molar-refractivity contribution is 5.01. The van der Waals surface area contributed by atoms with Crippen LogP contribution in [0.15, 0.2) is 4.52 Å². The lowest BCUT2D eigenvalue weighted by Crippen LogP contribution is -2.21. The lowest BCUT2D eigenvalue weighted by molar-refractivity contribution is 0.218. The Balaban J connectivity index is 1.57. The number of hydrogen-bond donors (Lipinski definition) is 1. The molecule has 2 fully saturated rings. The summed E-state index contributed by atoms with van der Waals surface area (Å²) in [6.45, 7) is 3.02. The Morgan fingerprint density at radius 1 is 1.38 bits per heavy atom. The van der Waals surface area contributed by atoms with Gasteiger partial charge < -0.3 is 9.63 Å². The van der Waals surface area contributed by atoms with E-state index in [2.05, 4.69) is 15.0 Å². The fraction of sp³-hybridized carbons (Fsp3) is 0.818. The van der Waals surface area contributed by atoms with Crippen molar-refractivity contribution in [3.8, 4) is 0 Å². The molecule has 0 aromatic carbocycles. The van der Waals surface area contributed by atoms with E-state index in [1.54, 1.807) is 0 Å². The van der Waals surface area contributed by atoms with Crippen molar-refractivity contribution in [3.63, 3.8) is 0 Å². The quantitative estimate of drug-likeness (QED) is 0.816. The van der Waals surface area contributed by atoms with Crippen LogP contribution in [0.2, 0.25) is 0 Å². The molecule has 1 aliphatic heterocycles. The summed E-state index contributed by atoms with van der Waals surface area (Å²) in [6.07, 6.45) is 3.46. The fourth-order valence-corrected chi connectivity index (χ4v) is 2.23. The highest BCUT2D eigenvalue weighted by Gasteiger charge is 2.30. The van der Waals surface area contributed by atoms with E-state index in [0.717, 1.165) is 37.8 Å². The fourth-order valence-electron chi connectivity index (χ4n) is 2.23. The molecule has 1 aromatic heterocycles. The summed E-state index contributed by atoms with van der Waals surface area (Å²) in [7, 11) is 0. The first-order valence-electron chi connectivity index (χ1n) is 6.01. The summed E-state index contributed by atoms with van der Waals surface area (Å²) >= 11 is 0. The predicted octanol–water partition coefficient (Wildman–Crippen LogP) is 0.761. The van der Waals surface area contributed by atoms with E-state index in [0.29, 0.717) is 11.8 Å². The molecule has 5 nitrogen and oxygen atoms in total. The monoisotopic (exact) mass is 223 g/mol. The maximum absolute atomic E-state index is 9.06. The molecule has 1 atom stereocenters. The Labute approximate surface area is 94.4 Å². The van der Waals surface area contributed by atoms with Crippen molar-refractivity contribution in [1.82, 2.24) is 15.0 Å². The van der Waals surface area contributed by atoms with Crippen LogP contribution in [0.4, 0.5) is 0 Å². The SMILES string of the molecule is OCC1CCN(Cc2noc(C3CC3)n2)C1. The zero-order valence-corrected chi connectivity index (χ0v) is 9.30. The first-order chi connectivity index (χ1) is 7.85. The van der Waals surface area contributed by atoms with E-state index < -0.39 is 0 Å².